The molecule has 0 unspecified atom stereocenters. The normalized spacial score (nSPS) is 11.0. The van der Waals surface area contributed by atoms with E-state index in [2.05, 4.69) is 15.2 Å². The van der Waals surface area contributed by atoms with E-state index in [1.54, 1.807) is 0 Å². The molecule has 3 aromatic heterocycles. The number of fused-ring (bicyclic) bond motifs is 1. The molecule has 3 heterocycles. The number of hydrogen-bond acceptors (Lipinski definition) is 5. The van der Waals surface area contributed by atoms with Crippen LogP contribution >= 0.6 is 0 Å². The van der Waals surface area contributed by atoms with Crippen LogP contribution in [0.3, 0.4) is 0 Å². The fraction of sp³-hybridized carbons (Fsp3) is 0.118. The zero-order valence-electron chi connectivity index (χ0n) is 12.5. The molecule has 0 atom stereocenters. The third-order valence-electron chi connectivity index (χ3n) is 3.58. The van der Waals surface area contributed by atoms with Gasteiger partial charge in [0.2, 0.25) is 12.3 Å². The van der Waals surface area contributed by atoms with E-state index in [9.17, 15) is 0 Å². The molecule has 6 heteroatoms. The van der Waals surface area contributed by atoms with E-state index in [1.807, 2.05) is 60.1 Å². The van der Waals surface area contributed by atoms with E-state index < -0.39 is 0 Å². The molecule has 0 spiro atoms. The number of aryl methyl sites for hydroxylation is 1. The van der Waals surface area contributed by atoms with Gasteiger partial charge in [0.1, 0.15) is 18.0 Å². The van der Waals surface area contributed by atoms with Gasteiger partial charge in [0, 0.05) is 18.0 Å². The summed E-state index contributed by atoms with van der Waals surface area (Å²) in [4.78, 5) is 4.59. The number of nitrogens with zero attached hydrogens (tertiary/aromatic N) is 4. The molecule has 0 saturated heterocycles. The lowest BCUT2D eigenvalue weighted by Crippen LogP contribution is -1.95. The van der Waals surface area contributed by atoms with Crippen molar-refractivity contribution in [2.45, 2.75) is 13.5 Å². The van der Waals surface area contributed by atoms with Gasteiger partial charge in [-0.2, -0.15) is 0 Å². The van der Waals surface area contributed by atoms with E-state index in [0.29, 0.717) is 12.5 Å². The van der Waals surface area contributed by atoms with Crippen LogP contribution in [0, 0.1) is 6.92 Å². The van der Waals surface area contributed by atoms with E-state index in [1.165, 1.54) is 6.39 Å². The van der Waals surface area contributed by atoms with Gasteiger partial charge in [-0.3, -0.25) is 0 Å². The van der Waals surface area contributed by atoms with Crippen molar-refractivity contribution in [3.8, 4) is 17.2 Å². The van der Waals surface area contributed by atoms with Gasteiger partial charge in [0.15, 0.2) is 0 Å². The Morgan fingerprint density at radius 2 is 2.04 bits per heavy atom. The van der Waals surface area contributed by atoms with Crippen LogP contribution in [0.25, 0.3) is 17.1 Å². The first kappa shape index (κ1) is 13.5. The molecule has 0 N–H and O–H groups in total. The Bertz CT molecular complexity index is 927. The van der Waals surface area contributed by atoms with Crippen molar-refractivity contribution in [1.29, 1.82) is 0 Å². The Hall–Kier alpha value is -3.15. The first-order chi connectivity index (χ1) is 11.3. The van der Waals surface area contributed by atoms with Crippen LogP contribution in [-0.4, -0.2) is 19.6 Å². The summed E-state index contributed by atoms with van der Waals surface area (Å²) in [5, 5.41) is 7.54. The highest BCUT2D eigenvalue weighted by Gasteiger charge is 2.06. The molecule has 0 radical (unpaired) electrons. The van der Waals surface area contributed by atoms with Crippen molar-refractivity contribution in [1.82, 2.24) is 19.6 Å². The van der Waals surface area contributed by atoms with Gasteiger partial charge in [0.25, 0.3) is 0 Å². The average Bonchev–Trinajstić information content (AvgIpc) is 3.24. The standard InChI is InChI=1S/C17H14N4O2/c1-12-3-2-8-21-9-14(19-16(12)21)10-22-15-6-4-13(5-7-15)17-20-18-11-23-17/h2-9,11H,10H2,1H3. The first-order valence-corrected chi connectivity index (χ1v) is 7.22. The Kier molecular flexibility index (Phi) is 3.27. The number of aromatic nitrogens is 4. The zero-order valence-corrected chi connectivity index (χ0v) is 12.5. The van der Waals surface area contributed by atoms with E-state index in [4.69, 9.17) is 9.15 Å². The summed E-state index contributed by atoms with van der Waals surface area (Å²) in [6.07, 6.45) is 5.28. The summed E-state index contributed by atoms with van der Waals surface area (Å²) in [7, 11) is 0. The van der Waals surface area contributed by atoms with Crippen LogP contribution in [0.15, 0.2) is 59.6 Å². The molecule has 4 rings (SSSR count). The van der Waals surface area contributed by atoms with Crippen LogP contribution in [0.4, 0.5) is 0 Å². The Balaban J connectivity index is 1.48. The summed E-state index contributed by atoms with van der Waals surface area (Å²) >= 11 is 0. The van der Waals surface area contributed by atoms with E-state index in [0.717, 1.165) is 28.2 Å². The van der Waals surface area contributed by atoms with Crippen molar-refractivity contribution in [3.05, 3.63) is 66.4 Å². The monoisotopic (exact) mass is 306 g/mol. The lowest BCUT2D eigenvalue weighted by atomic mass is 10.2. The summed E-state index contributed by atoms with van der Waals surface area (Å²) in [6, 6.07) is 11.6. The Morgan fingerprint density at radius 1 is 1.17 bits per heavy atom. The van der Waals surface area contributed by atoms with E-state index >= 15 is 0 Å². The summed E-state index contributed by atoms with van der Waals surface area (Å²) in [5.41, 5.74) is 3.85. The van der Waals surface area contributed by atoms with Gasteiger partial charge in [-0.25, -0.2) is 4.98 Å². The lowest BCUT2D eigenvalue weighted by Gasteiger charge is -2.04. The third-order valence-corrected chi connectivity index (χ3v) is 3.58. The third kappa shape index (κ3) is 2.66. The maximum absolute atomic E-state index is 5.79. The summed E-state index contributed by atoms with van der Waals surface area (Å²) in [6.45, 7) is 2.46. The fourth-order valence-corrected chi connectivity index (χ4v) is 2.42. The minimum Gasteiger partial charge on any atom is -0.487 e. The largest absolute Gasteiger partial charge is 0.487 e. The van der Waals surface area contributed by atoms with E-state index in [-0.39, 0.29) is 0 Å². The number of ether oxygens (including phenoxy) is 1. The molecule has 0 aliphatic heterocycles. The Labute approximate surface area is 132 Å². The van der Waals surface area contributed by atoms with Gasteiger partial charge in [-0.1, -0.05) is 6.07 Å². The molecule has 0 bridgehead atoms. The predicted octanol–water partition coefficient (Wildman–Crippen LogP) is 3.27. The fourth-order valence-electron chi connectivity index (χ4n) is 2.42. The number of pyridine rings is 1. The minimum atomic E-state index is 0.418. The molecule has 0 saturated carbocycles. The molecule has 1 aromatic carbocycles. The van der Waals surface area contributed by atoms with Crippen LogP contribution in [0.5, 0.6) is 5.75 Å². The SMILES string of the molecule is Cc1cccn2cc(COc3ccc(-c4nnco4)cc3)nc12. The maximum Gasteiger partial charge on any atom is 0.247 e. The minimum absolute atomic E-state index is 0.418. The van der Waals surface area contributed by atoms with Crippen LogP contribution in [0.1, 0.15) is 11.3 Å². The van der Waals surface area contributed by atoms with Gasteiger partial charge in [-0.05, 0) is 42.8 Å². The quantitative estimate of drug-likeness (QED) is 0.579. The van der Waals surface area contributed by atoms with Crippen LogP contribution in [0.2, 0.25) is 0 Å². The topological polar surface area (TPSA) is 65.5 Å². The van der Waals surface area contributed by atoms with Gasteiger partial charge in [0.05, 0.1) is 5.69 Å². The molecule has 6 nitrogen and oxygen atoms in total. The summed E-state index contributed by atoms with van der Waals surface area (Å²) in [5.74, 6) is 1.26. The van der Waals surface area contributed by atoms with Gasteiger partial charge < -0.3 is 13.6 Å². The molecular weight excluding hydrogens is 292 g/mol. The predicted molar refractivity (Wildman–Crippen MR) is 84.0 cm³/mol. The highest BCUT2D eigenvalue weighted by Crippen LogP contribution is 2.21. The molecule has 114 valence electrons. The molecule has 4 aromatic rings. The maximum atomic E-state index is 5.79. The van der Waals surface area contributed by atoms with Gasteiger partial charge >= 0.3 is 0 Å². The van der Waals surface area contributed by atoms with Crippen LogP contribution < -0.4 is 4.74 Å². The van der Waals surface area contributed by atoms with Crippen molar-refractivity contribution in [2.24, 2.45) is 0 Å². The van der Waals surface area contributed by atoms with Crippen molar-refractivity contribution < 1.29 is 9.15 Å². The Morgan fingerprint density at radius 3 is 2.78 bits per heavy atom. The number of imidazole rings is 1. The average molecular weight is 306 g/mol. The van der Waals surface area contributed by atoms with Gasteiger partial charge in [-0.15, -0.1) is 10.2 Å². The molecule has 23 heavy (non-hydrogen) atoms. The number of hydrogen-bond donors (Lipinski definition) is 0. The molecule has 0 amide bonds. The second kappa shape index (κ2) is 5.57. The second-order valence-electron chi connectivity index (χ2n) is 5.21. The highest BCUT2D eigenvalue weighted by molar-refractivity contribution is 5.53. The highest BCUT2D eigenvalue weighted by atomic mass is 16.5. The number of benzene rings is 1. The molecule has 0 fully saturated rings. The smallest absolute Gasteiger partial charge is 0.247 e. The summed E-state index contributed by atoms with van der Waals surface area (Å²) < 4.78 is 13.0. The second-order valence-corrected chi connectivity index (χ2v) is 5.21. The molecular formula is C17H14N4O2. The van der Waals surface area contributed by atoms with Crippen molar-refractivity contribution in [3.63, 3.8) is 0 Å². The molecule has 0 aliphatic rings. The van der Waals surface area contributed by atoms with Crippen molar-refractivity contribution in [2.75, 3.05) is 0 Å². The number of rotatable bonds is 4. The van der Waals surface area contributed by atoms with Crippen LogP contribution in [-0.2, 0) is 6.61 Å². The molecule has 0 aliphatic carbocycles. The van der Waals surface area contributed by atoms with Crippen molar-refractivity contribution >= 4 is 5.65 Å². The lowest BCUT2D eigenvalue weighted by molar-refractivity contribution is 0.302. The first-order valence-electron chi connectivity index (χ1n) is 7.22. The zero-order chi connectivity index (χ0) is 15.6.